The van der Waals surface area contributed by atoms with E-state index in [1.807, 2.05) is 56.3 Å². The molecule has 18 heavy (non-hydrogen) atoms. The Bertz CT molecular complexity index is 492. The summed E-state index contributed by atoms with van der Waals surface area (Å²) in [6, 6.07) is 9.42. The maximum atomic E-state index is 12.0. The number of carbonyl (C=O) groups is 1. The summed E-state index contributed by atoms with van der Waals surface area (Å²) in [7, 11) is 0. The highest BCUT2D eigenvalue weighted by atomic mass is 16.6. The third-order valence-corrected chi connectivity index (χ3v) is 3.13. The highest BCUT2D eigenvalue weighted by Crippen LogP contribution is 2.38. The molecule has 0 spiro atoms. The second kappa shape index (κ2) is 4.69. The number of benzene rings is 1. The Morgan fingerprint density at radius 2 is 2.06 bits per heavy atom. The molecule has 2 rings (SSSR count). The molecule has 1 heterocycles. The van der Waals surface area contributed by atoms with E-state index in [-0.39, 0.29) is 6.09 Å². The Kier molecular flexibility index (Phi) is 3.24. The fraction of sp³-hybridized carbons (Fsp3) is 0.267. The Hall–Kier alpha value is -2.03. The predicted molar refractivity (Wildman–Crippen MR) is 72.4 cm³/mol. The first-order valence-electron chi connectivity index (χ1n) is 5.97. The minimum atomic E-state index is -0.653. The zero-order chi connectivity index (χ0) is 13.2. The van der Waals surface area contributed by atoms with Gasteiger partial charge in [-0.1, -0.05) is 36.9 Å². The Morgan fingerprint density at radius 3 is 2.67 bits per heavy atom. The molecule has 1 aromatic rings. The molecule has 0 radical (unpaired) electrons. The molecule has 1 aliphatic heterocycles. The minimum absolute atomic E-state index is 0.363. The van der Waals surface area contributed by atoms with Gasteiger partial charge >= 0.3 is 6.09 Å². The molecular weight excluding hydrogens is 226 g/mol. The SMILES string of the molecule is C=C1N(c2ccccc2)C(=O)OC1(C)C/C=C\C. The van der Waals surface area contributed by atoms with Crippen LogP contribution >= 0.6 is 0 Å². The number of rotatable bonds is 3. The number of hydrogen-bond acceptors (Lipinski definition) is 2. The van der Waals surface area contributed by atoms with Crippen molar-refractivity contribution in [3.63, 3.8) is 0 Å². The summed E-state index contributed by atoms with van der Waals surface area (Å²) in [6.45, 7) is 7.84. The smallest absolute Gasteiger partial charge is 0.419 e. The maximum absolute atomic E-state index is 12.0. The van der Waals surface area contributed by atoms with Gasteiger partial charge in [0.1, 0.15) is 0 Å². The van der Waals surface area contributed by atoms with Gasteiger partial charge in [-0.25, -0.2) is 9.69 Å². The summed E-state index contributed by atoms with van der Waals surface area (Å²) in [4.78, 5) is 13.5. The van der Waals surface area contributed by atoms with Gasteiger partial charge in [-0.2, -0.15) is 0 Å². The molecule has 3 nitrogen and oxygen atoms in total. The lowest BCUT2D eigenvalue weighted by Gasteiger charge is -2.22. The number of para-hydroxylation sites is 1. The molecule has 0 aliphatic carbocycles. The first kappa shape index (κ1) is 12.4. The normalized spacial score (nSPS) is 23.8. The van der Waals surface area contributed by atoms with Gasteiger partial charge in [0, 0.05) is 6.42 Å². The van der Waals surface area contributed by atoms with Crippen LogP contribution in [0.5, 0.6) is 0 Å². The van der Waals surface area contributed by atoms with Crippen LogP contribution in [0.1, 0.15) is 20.3 Å². The lowest BCUT2D eigenvalue weighted by atomic mass is 9.98. The van der Waals surface area contributed by atoms with Crippen LogP contribution in [-0.4, -0.2) is 11.7 Å². The number of allylic oxidation sites excluding steroid dienone is 1. The van der Waals surface area contributed by atoms with E-state index in [0.717, 1.165) is 5.69 Å². The van der Waals surface area contributed by atoms with Crippen LogP contribution in [0, 0.1) is 0 Å². The number of nitrogens with zero attached hydrogens (tertiary/aromatic N) is 1. The van der Waals surface area contributed by atoms with Gasteiger partial charge in [-0.3, -0.25) is 0 Å². The van der Waals surface area contributed by atoms with Crippen molar-refractivity contribution in [2.75, 3.05) is 4.90 Å². The number of amides is 1. The summed E-state index contributed by atoms with van der Waals surface area (Å²) in [6.07, 6.45) is 4.19. The van der Waals surface area contributed by atoms with Gasteiger partial charge in [-0.05, 0) is 26.0 Å². The minimum Gasteiger partial charge on any atom is -0.436 e. The molecule has 1 amide bonds. The number of carbonyl (C=O) groups excluding carboxylic acids is 1. The summed E-state index contributed by atoms with van der Waals surface area (Å²) in [5.74, 6) is 0. The van der Waals surface area contributed by atoms with Gasteiger partial charge in [0.05, 0.1) is 11.4 Å². The summed E-state index contributed by atoms with van der Waals surface area (Å²) < 4.78 is 5.47. The van der Waals surface area contributed by atoms with E-state index < -0.39 is 5.60 Å². The first-order chi connectivity index (χ1) is 8.58. The molecule has 1 fully saturated rings. The van der Waals surface area contributed by atoms with Crippen LogP contribution in [-0.2, 0) is 4.74 Å². The zero-order valence-corrected chi connectivity index (χ0v) is 10.7. The van der Waals surface area contributed by atoms with Gasteiger partial charge in [0.15, 0.2) is 5.60 Å². The molecule has 0 N–H and O–H groups in total. The maximum Gasteiger partial charge on any atom is 0.419 e. The standard InChI is InChI=1S/C15H17NO2/c1-4-5-11-15(3)12(2)16(14(17)18-15)13-9-7-6-8-10-13/h4-10H,2,11H2,1,3H3/b5-4-. The number of anilines is 1. The summed E-state index contributed by atoms with van der Waals surface area (Å²) >= 11 is 0. The van der Waals surface area contributed by atoms with Crippen molar-refractivity contribution < 1.29 is 9.53 Å². The highest BCUT2D eigenvalue weighted by Gasteiger charge is 2.45. The van der Waals surface area contributed by atoms with Crippen molar-refractivity contribution >= 4 is 11.8 Å². The van der Waals surface area contributed by atoms with E-state index in [2.05, 4.69) is 6.58 Å². The van der Waals surface area contributed by atoms with Gasteiger partial charge in [-0.15, -0.1) is 0 Å². The fourth-order valence-corrected chi connectivity index (χ4v) is 1.98. The molecular formula is C15H17NO2. The Balaban J connectivity index is 2.30. The molecule has 0 aromatic heterocycles. The van der Waals surface area contributed by atoms with Crippen LogP contribution < -0.4 is 4.90 Å². The molecule has 1 aromatic carbocycles. The monoisotopic (exact) mass is 243 g/mol. The van der Waals surface area contributed by atoms with Crippen molar-refractivity contribution in [2.45, 2.75) is 25.9 Å². The molecule has 1 unspecified atom stereocenters. The quantitative estimate of drug-likeness (QED) is 0.754. The fourth-order valence-electron chi connectivity index (χ4n) is 1.98. The molecule has 94 valence electrons. The van der Waals surface area contributed by atoms with E-state index in [1.54, 1.807) is 0 Å². The third kappa shape index (κ3) is 2.04. The predicted octanol–water partition coefficient (Wildman–Crippen LogP) is 3.88. The Labute approximate surface area is 107 Å². The van der Waals surface area contributed by atoms with E-state index >= 15 is 0 Å². The van der Waals surface area contributed by atoms with E-state index in [9.17, 15) is 4.79 Å². The van der Waals surface area contributed by atoms with Gasteiger partial charge < -0.3 is 4.74 Å². The average molecular weight is 243 g/mol. The molecule has 1 atom stereocenters. The summed E-state index contributed by atoms with van der Waals surface area (Å²) in [5.41, 5.74) is 0.813. The zero-order valence-electron chi connectivity index (χ0n) is 10.7. The van der Waals surface area contributed by atoms with Gasteiger partial charge in [0.25, 0.3) is 0 Å². The van der Waals surface area contributed by atoms with E-state index in [1.165, 1.54) is 4.90 Å². The van der Waals surface area contributed by atoms with Crippen molar-refractivity contribution in [1.82, 2.24) is 0 Å². The van der Waals surface area contributed by atoms with Crippen LogP contribution in [0.2, 0.25) is 0 Å². The molecule has 1 saturated heterocycles. The lowest BCUT2D eigenvalue weighted by Crippen LogP contribution is -2.27. The van der Waals surface area contributed by atoms with Crippen molar-refractivity contribution in [3.05, 3.63) is 54.8 Å². The van der Waals surface area contributed by atoms with Crippen LogP contribution in [0.25, 0.3) is 0 Å². The molecule has 1 aliphatic rings. The third-order valence-electron chi connectivity index (χ3n) is 3.13. The second-order valence-corrected chi connectivity index (χ2v) is 4.49. The topological polar surface area (TPSA) is 29.5 Å². The van der Waals surface area contributed by atoms with Crippen LogP contribution in [0.4, 0.5) is 10.5 Å². The number of cyclic esters (lactones) is 1. The van der Waals surface area contributed by atoms with Crippen molar-refractivity contribution in [1.29, 1.82) is 0 Å². The lowest BCUT2D eigenvalue weighted by molar-refractivity contribution is 0.0873. The van der Waals surface area contributed by atoms with E-state index in [0.29, 0.717) is 12.1 Å². The first-order valence-corrected chi connectivity index (χ1v) is 5.97. The summed E-state index contributed by atoms with van der Waals surface area (Å²) in [5, 5.41) is 0. The number of ether oxygens (including phenoxy) is 1. The molecule has 0 bridgehead atoms. The van der Waals surface area contributed by atoms with Crippen LogP contribution in [0.15, 0.2) is 54.8 Å². The highest BCUT2D eigenvalue weighted by molar-refractivity contribution is 5.94. The second-order valence-electron chi connectivity index (χ2n) is 4.49. The van der Waals surface area contributed by atoms with Crippen LogP contribution in [0.3, 0.4) is 0 Å². The molecule has 0 saturated carbocycles. The molecule has 3 heteroatoms. The average Bonchev–Trinajstić information content (AvgIpc) is 2.59. The van der Waals surface area contributed by atoms with Gasteiger partial charge in [0.2, 0.25) is 0 Å². The van der Waals surface area contributed by atoms with Crippen molar-refractivity contribution in [3.8, 4) is 0 Å². The largest absolute Gasteiger partial charge is 0.436 e. The number of hydrogen-bond donors (Lipinski definition) is 0. The Morgan fingerprint density at radius 1 is 1.39 bits per heavy atom. The van der Waals surface area contributed by atoms with Crippen molar-refractivity contribution in [2.24, 2.45) is 0 Å². The van der Waals surface area contributed by atoms with E-state index in [4.69, 9.17) is 4.74 Å².